The van der Waals surface area contributed by atoms with E-state index in [1.807, 2.05) is 4.90 Å². The van der Waals surface area contributed by atoms with E-state index in [1.165, 1.54) is 18.2 Å². The fourth-order valence-electron chi connectivity index (χ4n) is 2.18. The number of oxime groups is 1. The normalized spacial score (nSPS) is 17.0. The van der Waals surface area contributed by atoms with E-state index >= 15 is 0 Å². The predicted molar refractivity (Wildman–Crippen MR) is 77.2 cm³/mol. The topological polar surface area (TPSA) is 82.2 Å². The number of piperazine rings is 1. The average molecular weight is 315 g/mol. The molecule has 0 radical (unpaired) electrons. The maximum Gasteiger partial charge on any atom is 0.253 e. The van der Waals surface area contributed by atoms with E-state index < -0.39 is 5.82 Å². The molecule has 3 N–H and O–H groups in total. The number of amidine groups is 1. The summed E-state index contributed by atoms with van der Waals surface area (Å²) in [6.07, 6.45) is 0. The van der Waals surface area contributed by atoms with Gasteiger partial charge in [0.05, 0.1) is 11.6 Å². The molecule has 0 saturated carbocycles. The number of carbonyl (C=O) groups is 1. The van der Waals surface area contributed by atoms with Gasteiger partial charge >= 0.3 is 0 Å². The number of nitrogens with zero attached hydrogens (tertiary/aromatic N) is 3. The smallest absolute Gasteiger partial charge is 0.253 e. The van der Waals surface area contributed by atoms with Crippen LogP contribution < -0.4 is 5.73 Å². The summed E-state index contributed by atoms with van der Waals surface area (Å²) < 4.78 is 13.1. The maximum atomic E-state index is 13.1. The van der Waals surface area contributed by atoms with Crippen molar-refractivity contribution in [3.63, 3.8) is 0 Å². The van der Waals surface area contributed by atoms with Crippen molar-refractivity contribution in [3.05, 3.63) is 34.6 Å². The minimum absolute atomic E-state index is 0.0635. The van der Waals surface area contributed by atoms with Crippen LogP contribution in [0.1, 0.15) is 10.4 Å². The van der Waals surface area contributed by atoms with Gasteiger partial charge in [-0.1, -0.05) is 16.8 Å². The minimum Gasteiger partial charge on any atom is -0.409 e. The third-order valence-corrected chi connectivity index (χ3v) is 3.63. The Kier molecular flexibility index (Phi) is 4.98. The Balaban J connectivity index is 1.95. The number of carbonyl (C=O) groups excluding carboxylic acids is 1. The van der Waals surface area contributed by atoms with Crippen molar-refractivity contribution in [2.24, 2.45) is 10.9 Å². The van der Waals surface area contributed by atoms with Crippen LogP contribution in [0.15, 0.2) is 23.4 Å². The minimum atomic E-state index is -0.545. The van der Waals surface area contributed by atoms with Crippen LogP contribution in [0.2, 0.25) is 5.02 Å². The second-order valence-electron chi connectivity index (χ2n) is 4.79. The van der Waals surface area contributed by atoms with Gasteiger partial charge in [0.2, 0.25) is 0 Å². The lowest BCUT2D eigenvalue weighted by Crippen LogP contribution is -2.50. The Labute approximate surface area is 126 Å². The molecule has 114 valence electrons. The van der Waals surface area contributed by atoms with Crippen LogP contribution in [0.3, 0.4) is 0 Å². The summed E-state index contributed by atoms with van der Waals surface area (Å²) in [5, 5.41) is 11.4. The highest BCUT2D eigenvalue weighted by atomic mass is 35.5. The lowest BCUT2D eigenvalue weighted by Gasteiger charge is -2.34. The Morgan fingerprint density at radius 2 is 2.05 bits per heavy atom. The molecule has 1 fully saturated rings. The van der Waals surface area contributed by atoms with E-state index in [2.05, 4.69) is 5.16 Å². The number of halogens is 2. The zero-order valence-corrected chi connectivity index (χ0v) is 12.1. The van der Waals surface area contributed by atoms with Crippen molar-refractivity contribution in [1.82, 2.24) is 9.80 Å². The van der Waals surface area contributed by atoms with E-state index in [0.29, 0.717) is 38.3 Å². The second-order valence-corrected chi connectivity index (χ2v) is 5.20. The van der Waals surface area contributed by atoms with Crippen LogP contribution in [0.4, 0.5) is 4.39 Å². The summed E-state index contributed by atoms with van der Waals surface area (Å²) >= 11 is 5.69. The monoisotopic (exact) mass is 314 g/mol. The van der Waals surface area contributed by atoms with Gasteiger partial charge in [0.15, 0.2) is 5.84 Å². The summed E-state index contributed by atoms with van der Waals surface area (Å²) in [4.78, 5) is 15.9. The lowest BCUT2D eigenvalue weighted by atomic mass is 10.1. The van der Waals surface area contributed by atoms with Crippen LogP contribution in [0.25, 0.3) is 0 Å². The van der Waals surface area contributed by atoms with Gasteiger partial charge in [-0.2, -0.15) is 0 Å². The molecule has 1 aliphatic heterocycles. The van der Waals surface area contributed by atoms with Crippen molar-refractivity contribution in [3.8, 4) is 0 Å². The van der Waals surface area contributed by atoms with E-state index in [1.54, 1.807) is 4.90 Å². The molecule has 0 bridgehead atoms. The molecule has 1 saturated heterocycles. The van der Waals surface area contributed by atoms with Crippen molar-refractivity contribution < 1.29 is 14.4 Å². The number of nitrogens with two attached hydrogens (primary N) is 1. The Hall–Kier alpha value is -1.86. The summed E-state index contributed by atoms with van der Waals surface area (Å²) in [5.41, 5.74) is 5.81. The van der Waals surface area contributed by atoms with Crippen LogP contribution >= 0.6 is 11.6 Å². The van der Waals surface area contributed by atoms with E-state index in [4.69, 9.17) is 22.5 Å². The molecular formula is C13H16ClFN4O2. The molecule has 8 heteroatoms. The van der Waals surface area contributed by atoms with Gasteiger partial charge in [-0.25, -0.2) is 4.39 Å². The molecule has 0 unspecified atom stereocenters. The molecular weight excluding hydrogens is 299 g/mol. The van der Waals surface area contributed by atoms with Crippen molar-refractivity contribution in [1.29, 1.82) is 0 Å². The van der Waals surface area contributed by atoms with Crippen molar-refractivity contribution >= 4 is 23.3 Å². The van der Waals surface area contributed by atoms with E-state index in [0.717, 1.165) is 0 Å². The Morgan fingerprint density at radius 3 is 2.62 bits per heavy atom. The molecule has 2 rings (SSSR count). The van der Waals surface area contributed by atoms with Crippen LogP contribution in [0, 0.1) is 5.82 Å². The first-order valence-electron chi connectivity index (χ1n) is 6.44. The van der Waals surface area contributed by atoms with Gasteiger partial charge in [0.25, 0.3) is 5.91 Å². The van der Waals surface area contributed by atoms with Crippen LogP contribution in [0.5, 0.6) is 0 Å². The van der Waals surface area contributed by atoms with Gasteiger partial charge < -0.3 is 15.8 Å². The van der Waals surface area contributed by atoms with E-state index in [-0.39, 0.29) is 16.8 Å². The van der Waals surface area contributed by atoms with Gasteiger partial charge in [0.1, 0.15) is 5.82 Å². The molecule has 0 aromatic heterocycles. The molecule has 0 atom stereocenters. The zero-order valence-electron chi connectivity index (χ0n) is 11.3. The van der Waals surface area contributed by atoms with Gasteiger partial charge in [-0.15, -0.1) is 0 Å². The summed E-state index contributed by atoms with van der Waals surface area (Å²) in [5.74, 6) is -0.586. The molecule has 1 aromatic carbocycles. The van der Waals surface area contributed by atoms with Gasteiger partial charge in [-0.3, -0.25) is 9.69 Å². The standard InChI is InChI=1S/C13H16ClFN4O2/c14-10-7-9(1-2-11(10)15)13(20)19-5-3-18(4-6-19)8-12(16)17-21/h1-2,7,21H,3-6,8H2,(H2,16,17). The van der Waals surface area contributed by atoms with Gasteiger partial charge in [-0.05, 0) is 18.2 Å². The molecule has 6 nitrogen and oxygen atoms in total. The molecule has 1 aromatic rings. The average Bonchev–Trinajstić information content (AvgIpc) is 2.50. The molecule has 0 spiro atoms. The summed E-state index contributed by atoms with van der Waals surface area (Å²) in [6, 6.07) is 3.94. The quantitative estimate of drug-likeness (QED) is 0.377. The van der Waals surface area contributed by atoms with E-state index in [9.17, 15) is 9.18 Å². The fraction of sp³-hybridized carbons (Fsp3) is 0.385. The van der Waals surface area contributed by atoms with Crippen LogP contribution in [-0.2, 0) is 0 Å². The summed E-state index contributed by atoms with van der Waals surface area (Å²) in [6.45, 7) is 2.65. The summed E-state index contributed by atoms with van der Waals surface area (Å²) in [7, 11) is 0. The first-order valence-corrected chi connectivity index (χ1v) is 6.82. The first kappa shape index (κ1) is 15.5. The molecule has 21 heavy (non-hydrogen) atoms. The number of benzene rings is 1. The largest absolute Gasteiger partial charge is 0.409 e. The Morgan fingerprint density at radius 1 is 1.38 bits per heavy atom. The van der Waals surface area contributed by atoms with Crippen molar-refractivity contribution in [2.45, 2.75) is 0 Å². The molecule has 1 amide bonds. The highest BCUT2D eigenvalue weighted by Gasteiger charge is 2.23. The predicted octanol–water partition coefficient (Wildman–Crippen LogP) is 0.983. The third kappa shape index (κ3) is 3.83. The highest BCUT2D eigenvalue weighted by Crippen LogP contribution is 2.18. The number of rotatable bonds is 3. The SMILES string of the molecule is N/C(CN1CCN(C(=O)c2ccc(F)c(Cl)c2)CC1)=N/O. The van der Waals surface area contributed by atoms with Gasteiger partial charge in [0, 0.05) is 31.7 Å². The number of hydrogen-bond donors (Lipinski definition) is 2. The third-order valence-electron chi connectivity index (χ3n) is 3.34. The number of amides is 1. The fourth-order valence-corrected chi connectivity index (χ4v) is 2.36. The number of hydrogen-bond acceptors (Lipinski definition) is 4. The zero-order chi connectivity index (χ0) is 15.4. The first-order chi connectivity index (χ1) is 10.0. The maximum absolute atomic E-state index is 13.1. The molecule has 1 aliphatic rings. The highest BCUT2D eigenvalue weighted by molar-refractivity contribution is 6.31. The lowest BCUT2D eigenvalue weighted by molar-refractivity contribution is 0.0653. The van der Waals surface area contributed by atoms with Crippen LogP contribution in [-0.4, -0.2) is 59.5 Å². The second kappa shape index (κ2) is 6.73. The molecule has 0 aliphatic carbocycles. The Bertz CT molecular complexity index is 559. The van der Waals surface area contributed by atoms with Crippen molar-refractivity contribution in [2.75, 3.05) is 32.7 Å². The molecule has 1 heterocycles.